The lowest BCUT2D eigenvalue weighted by atomic mass is 10.1. The molecule has 1 heterocycles. The molecule has 164 valence electrons. The number of hydrogen-bond acceptors (Lipinski definition) is 6. The Morgan fingerprint density at radius 1 is 1.06 bits per heavy atom. The van der Waals surface area contributed by atoms with E-state index in [2.05, 4.69) is 10.5 Å². The first-order valence-corrected chi connectivity index (χ1v) is 9.97. The van der Waals surface area contributed by atoms with E-state index in [1.807, 2.05) is 32.9 Å². The van der Waals surface area contributed by atoms with Crippen molar-refractivity contribution < 1.29 is 23.5 Å². The molecule has 1 N–H and O–H groups in total. The maximum atomic E-state index is 12.1. The third-order valence-electron chi connectivity index (χ3n) is 4.63. The number of amides is 1. The Balaban J connectivity index is 1.50. The number of ether oxygens (including phenoxy) is 2. The molecular formula is C25H24N2O5. The van der Waals surface area contributed by atoms with Gasteiger partial charge in [0.1, 0.15) is 17.3 Å². The van der Waals surface area contributed by atoms with E-state index in [1.54, 1.807) is 36.4 Å². The van der Waals surface area contributed by atoms with Gasteiger partial charge in [-0.1, -0.05) is 24.3 Å². The van der Waals surface area contributed by atoms with Crippen LogP contribution in [0.2, 0.25) is 0 Å². The van der Waals surface area contributed by atoms with Gasteiger partial charge in [0.15, 0.2) is 6.61 Å². The predicted octanol–water partition coefficient (Wildman–Crippen LogP) is 4.35. The fourth-order valence-corrected chi connectivity index (χ4v) is 2.84. The van der Waals surface area contributed by atoms with Crippen LogP contribution in [-0.2, 0) is 9.59 Å². The number of hydrogen-bond donors (Lipinski definition) is 1. The minimum atomic E-state index is -0.539. The molecule has 0 aliphatic rings. The first-order chi connectivity index (χ1) is 15.4. The standard InChI is InChI=1S/C25H24N2O5/c1-17-9-10-18(2)25(19(17)3)31-16-23(28)27-26-15-20-6-4-7-22(14-20)32-24(29)12-11-21-8-5-13-30-21/h4-15H,16H2,1-3H3,(H,27,28)/b12-11+,26-15-. The van der Waals surface area contributed by atoms with Crippen molar-refractivity contribution in [2.45, 2.75) is 20.8 Å². The van der Waals surface area contributed by atoms with Gasteiger partial charge in [0.25, 0.3) is 5.91 Å². The summed E-state index contributed by atoms with van der Waals surface area (Å²) in [5.74, 6) is 0.688. The molecule has 0 bridgehead atoms. The molecule has 0 spiro atoms. The predicted molar refractivity (Wildman–Crippen MR) is 122 cm³/mol. The van der Waals surface area contributed by atoms with E-state index in [4.69, 9.17) is 13.9 Å². The number of rotatable bonds is 8. The Morgan fingerprint density at radius 2 is 1.88 bits per heavy atom. The minimum absolute atomic E-state index is 0.151. The summed E-state index contributed by atoms with van der Waals surface area (Å²) in [6, 6.07) is 14.2. The highest BCUT2D eigenvalue weighted by Crippen LogP contribution is 2.25. The summed E-state index contributed by atoms with van der Waals surface area (Å²) in [7, 11) is 0. The maximum absolute atomic E-state index is 12.1. The maximum Gasteiger partial charge on any atom is 0.336 e. The zero-order valence-electron chi connectivity index (χ0n) is 18.1. The van der Waals surface area contributed by atoms with Crippen molar-refractivity contribution in [1.82, 2.24) is 5.43 Å². The van der Waals surface area contributed by atoms with Gasteiger partial charge in [0.2, 0.25) is 0 Å². The van der Waals surface area contributed by atoms with E-state index in [-0.39, 0.29) is 12.5 Å². The van der Waals surface area contributed by atoms with Crippen LogP contribution in [0.4, 0.5) is 0 Å². The lowest BCUT2D eigenvalue weighted by molar-refractivity contribution is -0.129. The molecule has 3 rings (SSSR count). The normalized spacial score (nSPS) is 11.1. The lowest BCUT2D eigenvalue weighted by Crippen LogP contribution is -2.25. The van der Waals surface area contributed by atoms with Gasteiger partial charge in [0.05, 0.1) is 12.5 Å². The average Bonchev–Trinajstić information content (AvgIpc) is 3.29. The summed E-state index contributed by atoms with van der Waals surface area (Å²) >= 11 is 0. The molecule has 32 heavy (non-hydrogen) atoms. The lowest BCUT2D eigenvalue weighted by Gasteiger charge is -2.13. The number of benzene rings is 2. The molecule has 1 amide bonds. The first kappa shape index (κ1) is 22.6. The largest absolute Gasteiger partial charge is 0.483 e. The number of carbonyl (C=O) groups excluding carboxylic acids is 2. The molecule has 0 unspecified atom stereocenters. The summed E-state index contributed by atoms with van der Waals surface area (Å²) in [6.45, 7) is 5.74. The molecule has 0 fully saturated rings. The van der Waals surface area contributed by atoms with Crippen molar-refractivity contribution in [3.05, 3.63) is 88.9 Å². The number of nitrogens with one attached hydrogen (secondary N) is 1. The molecule has 0 aliphatic heterocycles. The van der Waals surface area contributed by atoms with Gasteiger partial charge in [-0.25, -0.2) is 10.2 Å². The summed E-state index contributed by atoms with van der Waals surface area (Å²) in [4.78, 5) is 24.0. The second-order valence-electron chi connectivity index (χ2n) is 7.08. The quantitative estimate of drug-likeness (QED) is 0.188. The molecule has 2 aromatic carbocycles. The monoisotopic (exact) mass is 432 g/mol. The summed E-state index contributed by atoms with van der Waals surface area (Å²) in [5, 5.41) is 3.94. The van der Waals surface area contributed by atoms with Crippen LogP contribution in [0.3, 0.4) is 0 Å². The van der Waals surface area contributed by atoms with Crippen molar-refractivity contribution in [1.29, 1.82) is 0 Å². The number of furan rings is 1. The average molecular weight is 432 g/mol. The van der Waals surface area contributed by atoms with Crippen molar-refractivity contribution in [2.24, 2.45) is 5.10 Å². The zero-order valence-corrected chi connectivity index (χ0v) is 18.1. The van der Waals surface area contributed by atoms with Crippen molar-refractivity contribution in [2.75, 3.05) is 6.61 Å². The van der Waals surface area contributed by atoms with Crippen LogP contribution < -0.4 is 14.9 Å². The van der Waals surface area contributed by atoms with Gasteiger partial charge in [-0.3, -0.25) is 4.79 Å². The fraction of sp³-hybridized carbons (Fsp3) is 0.160. The Labute approximate surface area is 186 Å². The third kappa shape index (κ3) is 6.43. The first-order valence-electron chi connectivity index (χ1n) is 9.97. The van der Waals surface area contributed by atoms with E-state index in [9.17, 15) is 9.59 Å². The second-order valence-corrected chi connectivity index (χ2v) is 7.08. The highest BCUT2D eigenvalue weighted by atomic mass is 16.5. The topological polar surface area (TPSA) is 90.1 Å². The second kappa shape index (κ2) is 10.8. The highest BCUT2D eigenvalue weighted by molar-refractivity contribution is 5.89. The van der Waals surface area contributed by atoms with Crippen LogP contribution in [-0.4, -0.2) is 24.7 Å². The minimum Gasteiger partial charge on any atom is -0.483 e. The molecule has 0 saturated carbocycles. The molecule has 0 aliphatic carbocycles. The molecule has 1 aromatic heterocycles. The Morgan fingerprint density at radius 3 is 2.66 bits per heavy atom. The van der Waals surface area contributed by atoms with Crippen LogP contribution in [0.15, 0.2) is 70.4 Å². The van der Waals surface area contributed by atoms with E-state index >= 15 is 0 Å². The molecule has 7 nitrogen and oxygen atoms in total. The number of carbonyl (C=O) groups is 2. The van der Waals surface area contributed by atoms with Crippen molar-refractivity contribution >= 4 is 24.2 Å². The van der Waals surface area contributed by atoms with Gasteiger partial charge in [-0.05, 0) is 73.4 Å². The van der Waals surface area contributed by atoms with Gasteiger partial charge in [0, 0.05) is 6.08 Å². The van der Waals surface area contributed by atoms with Crippen LogP contribution in [0.25, 0.3) is 6.08 Å². The molecule has 0 saturated heterocycles. The fourth-order valence-electron chi connectivity index (χ4n) is 2.84. The SMILES string of the molecule is Cc1ccc(C)c(OCC(=O)N/N=C\c2cccc(OC(=O)/C=C/c3ccco3)c2)c1C. The van der Waals surface area contributed by atoms with Crippen LogP contribution in [0.1, 0.15) is 28.0 Å². The molecule has 0 atom stereocenters. The van der Waals surface area contributed by atoms with Crippen LogP contribution in [0, 0.1) is 20.8 Å². The number of esters is 1. The van der Waals surface area contributed by atoms with Crippen LogP contribution >= 0.6 is 0 Å². The van der Waals surface area contributed by atoms with Gasteiger partial charge >= 0.3 is 5.97 Å². The Kier molecular flexibility index (Phi) is 7.59. The van der Waals surface area contributed by atoms with Crippen molar-refractivity contribution in [3.8, 4) is 11.5 Å². The third-order valence-corrected chi connectivity index (χ3v) is 4.63. The van der Waals surface area contributed by atoms with Crippen molar-refractivity contribution in [3.63, 3.8) is 0 Å². The Hall–Kier alpha value is -4.13. The molecule has 0 radical (unpaired) electrons. The molecular weight excluding hydrogens is 408 g/mol. The van der Waals surface area contributed by atoms with E-state index < -0.39 is 5.97 Å². The molecule has 3 aromatic rings. The van der Waals surface area contributed by atoms with E-state index in [1.165, 1.54) is 24.6 Å². The Bertz CT molecular complexity index is 1150. The zero-order chi connectivity index (χ0) is 22.9. The smallest absolute Gasteiger partial charge is 0.336 e. The number of nitrogens with zero attached hydrogens (tertiary/aromatic N) is 1. The number of hydrazone groups is 1. The van der Waals surface area contributed by atoms with Gasteiger partial charge in [-0.2, -0.15) is 5.10 Å². The highest BCUT2D eigenvalue weighted by Gasteiger charge is 2.09. The van der Waals surface area contributed by atoms with Gasteiger partial charge in [-0.15, -0.1) is 0 Å². The van der Waals surface area contributed by atoms with E-state index in [0.717, 1.165) is 16.7 Å². The summed E-state index contributed by atoms with van der Waals surface area (Å²) in [5.41, 5.74) is 6.15. The van der Waals surface area contributed by atoms with Crippen LogP contribution in [0.5, 0.6) is 11.5 Å². The molecule has 7 heteroatoms. The number of aryl methyl sites for hydroxylation is 2. The van der Waals surface area contributed by atoms with E-state index in [0.29, 0.717) is 22.8 Å². The summed E-state index contributed by atoms with van der Waals surface area (Å²) < 4.78 is 16.1. The summed E-state index contributed by atoms with van der Waals surface area (Å²) in [6.07, 6.45) is 5.77. The van der Waals surface area contributed by atoms with Gasteiger partial charge < -0.3 is 13.9 Å².